The average Bonchev–Trinajstić information content (AvgIpc) is 3.45. The monoisotopic (exact) mass is 483 g/mol. The third-order valence-electron chi connectivity index (χ3n) is 8.46. The topological polar surface area (TPSA) is 42.1 Å². The van der Waals surface area contributed by atoms with Crippen LogP contribution in [0.5, 0.6) is 5.75 Å². The van der Waals surface area contributed by atoms with Crippen LogP contribution in [0, 0.1) is 0 Å². The smallest absolute Gasteiger partial charge is 0.313 e. The molecule has 2 heterocycles. The summed E-state index contributed by atoms with van der Waals surface area (Å²) in [6.07, 6.45) is 23.6. The molecule has 1 aliphatic heterocycles. The van der Waals surface area contributed by atoms with E-state index in [1.807, 2.05) is 6.07 Å². The molecule has 1 aliphatic rings. The standard InChI is InChI=1S/C31H51N2O2/c1-4-5-6-7-8-9-10-11-12-13-14-15-16-19-31(34)33(2)22-17-18-27(33)23-26-25-32-30-21-20-28(35-3)24-29(26)30/h20-21,24-25,27,32H,4-19,22-23H2,1-3H3/q+1. The first-order valence-electron chi connectivity index (χ1n) is 14.6. The molecule has 0 spiro atoms. The number of hydrogen-bond donors (Lipinski definition) is 1. The molecule has 1 aromatic carbocycles. The van der Waals surface area contributed by atoms with E-state index in [4.69, 9.17) is 4.74 Å². The molecule has 35 heavy (non-hydrogen) atoms. The van der Waals surface area contributed by atoms with Crippen LogP contribution in [-0.2, 0) is 11.2 Å². The molecule has 3 rings (SSSR count). The van der Waals surface area contributed by atoms with Crippen molar-refractivity contribution in [3.8, 4) is 5.75 Å². The molecule has 1 N–H and O–H groups in total. The van der Waals surface area contributed by atoms with Crippen LogP contribution in [0.2, 0.25) is 0 Å². The summed E-state index contributed by atoms with van der Waals surface area (Å²) in [6.45, 7) is 3.28. The summed E-state index contributed by atoms with van der Waals surface area (Å²) < 4.78 is 6.06. The van der Waals surface area contributed by atoms with E-state index in [1.165, 1.54) is 88.0 Å². The number of methoxy groups -OCH3 is 1. The van der Waals surface area contributed by atoms with Crippen LogP contribution in [0.3, 0.4) is 0 Å². The Hall–Kier alpha value is -1.81. The number of quaternary nitrogens is 1. The van der Waals surface area contributed by atoms with Crippen LogP contribution >= 0.6 is 0 Å². The quantitative estimate of drug-likeness (QED) is 0.181. The van der Waals surface area contributed by atoms with Crippen molar-refractivity contribution >= 4 is 16.8 Å². The maximum atomic E-state index is 13.3. The van der Waals surface area contributed by atoms with Gasteiger partial charge in [0.1, 0.15) is 11.8 Å². The van der Waals surface area contributed by atoms with Gasteiger partial charge in [0.25, 0.3) is 0 Å². The van der Waals surface area contributed by atoms with Crippen LogP contribution in [0.25, 0.3) is 10.9 Å². The van der Waals surface area contributed by atoms with Crippen LogP contribution in [0.15, 0.2) is 24.4 Å². The molecule has 1 aromatic heterocycles. The highest BCUT2D eigenvalue weighted by Gasteiger charge is 2.43. The van der Waals surface area contributed by atoms with E-state index in [9.17, 15) is 4.79 Å². The predicted octanol–water partition coefficient (Wildman–Crippen LogP) is 8.34. The first-order valence-corrected chi connectivity index (χ1v) is 14.6. The maximum absolute atomic E-state index is 13.3. The van der Waals surface area contributed by atoms with Gasteiger partial charge in [-0.1, -0.05) is 84.0 Å². The molecule has 0 aliphatic carbocycles. The van der Waals surface area contributed by atoms with Gasteiger partial charge in [-0.2, -0.15) is 0 Å². The Morgan fingerprint density at radius 3 is 2.23 bits per heavy atom. The van der Waals surface area contributed by atoms with Gasteiger partial charge in [0.05, 0.1) is 27.1 Å². The lowest BCUT2D eigenvalue weighted by atomic mass is 10.0. The van der Waals surface area contributed by atoms with Crippen molar-refractivity contribution in [3.05, 3.63) is 30.0 Å². The van der Waals surface area contributed by atoms with E-state index in [-0.39, 0.29) is 0 Å². The number of likely N-dealkylation sites (tertiary alicyclic amines) is 1. The lowest BCUT2D eigenvalue weighted by Gasteiger charge is -2.33. The van der Waals surface area contributed by atoms with Crippen LogP contribution in [0.1, 0.15) is 115 Å². The summed E-state index contributed by atoms with van der Waals surface area (Å²) in [5.74, 6) is 1.34. The fourth-order valence-electron chi connectivity index (χ4n) is 6.01. The van der Waals surface area contributed by atoms with Crippen molar-refractivity contribution in [1.29, 1.82) is 0 Å². The van der Waals surface area contributed by atoms with Gasteiger partial charge in [-0.05, 0) is 30.2 Å². The Kier molecular flexibility index (Phi) is 11.6. The number of aromatic nitrogens is 1. The van der Waals surface area contributed by atoms with Crippen molar-refractivity contribution in [2.24, 2.45) is 0 Å². The summed E-state index contributed by atoms with van der Waals surface area (Å²) in [7, 11) is 3.91. The second kappa shape index (κ2) is 14.7. The summed E-state index contributed by atoms with van der Waals surface area (Å²) in [6, 6.07) is 6.59. The van der Waals surface area contributed by atoms with Crippen molar-refractivity contribution in [2.75, 3.05) is 20.7 Å². The van der Waals surface area contributed by atoms with E-state index in [2.05, 4.69) is 37.3 Å². The Bertz CT molecular complexity index is 889. The molecule has 4 nitrogen and oxygen atoms in total. The average molecular weight is 484 g/mol. The molecule has 1 amide bonds. The number of benzene rings is 1. The number of nitrogens with zero attached hydrogens (tertiary/aromatic N) is 1. The Balaban J connectivity index is 1.34. The second-order valence-corrected chi connectivity index (χ2v) is 11.1. The minimum atomic E-state index is 0.384. The molecule has 4 heteroatoms. The number of ether oxygens (including phenoxy) is 1. The third kappa shape index (κ3) is 8.10. The van der Waals surface area contributed by atoms with Crippen LogP contribution in [-0.4, -0.2) is 42.1 Å². The number of rotatable bonds is 17. The molecule has 2 aromatic rings. The largest absolute Gasteiger partial charge is 0.497 e. The number of unbranched alkanes of at least 4 members (excludes halogenated alkanes) is 12. The summed E-state index contributed by atoms with van der Waals surface area (Å²) in [5.41, 5.74) is 2.45. The van der Waals surface area contributed by atoms with Gasteiger partial charge in [-0.3, -0.25) is 4.48 Å². The Labute approximate surface area is 214 Å². The third-order valence-corrected chi connectivity index (χ3v) is 8.46. The zero-order valence-corrected chi connectivity index (χ0v) is 22.9. The minimum absolute atomic E-state index is 0.384. The molecule has 0 radical (unpaired) electrons. The van der Waals surface area contributed by atoms with Gasteiger partial charge >= 0.3 is 5.91 Å². The SMILES string of the molecule is CCCCCCCCCCCCCCCC(=O)[N+]1(C)CCCC1Cc1c[nH]c2ccc(OC)cc12. The first-order chi connectivity index (χ1) is 17.1. The molecule has 1 saturated heterocycles. The van der Waals surface area contributed by atoms with E-state index in [0.717, 1.165) is 49.9 Å². The van der Waals surface area contributed by atoms with Crippen LogP contribution in [0.4, 0.5) is 0 Å². The van der Waals surface area contributed by atoms with Crippen molar-refractivity contribution in [1.82, 2.24) is 4.98 Å². The van der Waals surface area contributed by atoms with E-state index in [1.54, 1.807) is 7.11 Å². The Morgan fingerprint density at radius 1 is 0.971 bits per heavy atom. The molecular formula is C31H51N2O2+. The molecule has 1 fully saturated rings. The summed E-state index contributed by atoms with van der Waals surface area (Å²) >= 11 is 0. The molecule has 2 atom stereocenters. The number of hydrogen-bond acceptors (Lipinski definition) is 2. The lowest BCUT2D eigenvalue weighted by molar-refractivity contribution is -0.847. The van der Waals surface area contributed by atoms with Gasteiger partial charge in [0.2, 0.25) is 0 Å². The number of likely N-dealkylation sites (N-methyl/N-ethyl adjacent to an activating group) is 1. The normalized spacial score (nSPS) is 20.0. The fraction of sp³-hybridized carbons (Fsp3) is 0.710. The van der Waals surface area contributed by atoms with Gasteiger partial charge in [0.15, 0.2) is 0 Å². The number of aromatic amines is 1. The highest BCUT2D eigenvalue weighted by Crippen LogP contribution is 2.32. The predicted molar refractivity (Wildman–Crippen MR) is 148 cm³/mol. The number of H-pyrrole nitrogens is 1. The second-order valence-electron chi connectivity index (χ2n) is 11.1. The molecule has 2 unspecified atom stereocenters. The number of carbonyl (C=O) groups excluding carboxylic acids is 1. The zero-order chi connectivity index (χ0) is 24.9. The summed E-state index contributed by atoms with van der Waals surface area (Å²) in [4.78, 5) is 16.7. The molecule has 0 saturated carbocycles. The van der Waals surface area contributed by atoms with Gasteiger partial charge < -0.3 is 9.72 Å². The van der Waals surface area contributed by atoms with E-state index in [0.29, 0.717) is 16.4 Å². The number of fused-ring (bicyclic) bond motifs is 1. The maximum Gasteiger partial charge on any atom is 0.313 e. The van der Waals surface area contributed by atoms with E-state index < -0.39 is 0 Å². The lowest BCUT2D eigenvalue weighted by Crippen LogP contribution is -2.53. The van der Waals surface area contributed by atoms with Gasteiger partial charge in [-0.25, -0.2) is 4.79 Å². The fourth-order valence-corrected chi connectivity index (χ4v) is 6.01. The van der Waals surface area contributed by atoms with Crippen molar-refractivity contribution < 1.29 is 14.0 Å². The first kappa shape index (κ1) is 27.8. The van der Waals surface area contributed by atoms with Crippen molar-refractivity contribution in [2.45, 2.75) is 122 Å². The van der Waals surface area contributed by atoms with Crippen molar-refractivity contribution in [3.63, 3.8) is 0 Å². The number of amides is 1. The minimum Gasteiger partial charge on any atom is -0.497 e. The molecular weight excluding hydrogens is 432 g/mol. The van der Waals surface area contributed by atoms with Crippen LogP contribution < -0.4 is 4.74 Å². The van der Waals surface area contributed by atoms with Gasteiger partial charge in [-0.15, -0.1) is 0 Å². The molecule has 196 valence electrons. The van der Waals surface area contributed by atoms with Gasteiger partial charge in [0, 0.05) is 36.4 Å². The zero-order valence-electron chi connectivity index (χ0n) is 22.9. The molecule has 0 bridgehead atoms. The Morgan fingerprint density at radius 2 is 1.60 bits per heavy atom. The number of carbonyl (C=O) groups is 1. The highest BCUT2D eigenvalue weighted by atomic mass is 16.5. The number of nitrogens with one attached hydrogen (secondary N) is 1. The highest BCUT2D eigenvalue weighted by molar-refractivity contribution is 5.84. The van der Waals surface area contributed by atoms with E-state index >= 15 is 0 Å². The summed E-state index contributed by atoms with van der Waals surface area (Å²) in [5, 5.41) is 1.23.